The summed E-state index contributed by atoms with van der Waals surface area (Å²) in [6, 6.07) is 20.9. The van der Waals surface area contributed by atoms with Crippen LogP contribution in [0.3, 0.4) is 0 Å². The first-order valence-electron chi connectivity index (χ1n) is 10.4. The fraction of sp³-hybridized carbons (Fsp3) is 0.200. The molecule has 0 saturated carbocycles. The molecule has 0 unspecified atom stereocenters. The van der Waals surface area contributed by atoms with Gasteiger partial charge < -0.3 is 5.32 Å². The Hall–Kier alpha value is -3.38. The highest BCUT2D eigenvalue weighted by atomic mass is 19.1. The van der Waals surface area contributed by atoms with Crippen LogP contribution < -0.4 is 5.32 Å². The number of rotatable bonds is 9. The molecule has 4 rings (SSSR count). The predicted octanol–water partition coefficient (Wildman–Crippen LogP) is 5.25. The highest BCUT2D eigenvalue weighted by molar-refractivity contribution is 5.32. The van der Waals surface area contributed by atoms with Crippen LogP contribution in [0.5, 0.6) is 0 Å². The molecule has 0 fully saturated rings. The summed E-state index contributed by atoms with van der Waals surface area (Å²) in [4.78, 5) is 4.63. The first kappa shape index (κ1) is 20.9. The standard InChI is InChI=1S/C25H24F2N4/c26-21-11-7-19(8-12-21)24(20-9-13-22(27)14-10-20)5-2-15-28-18-23-4-1-6-25(30-23)31-17-3-16-29-31/h1,3-4,6-14,16-17,24,28H,2,5,15,18H2. The molecule has 31 heavy (non-hydrogen) atoms. The van der Waals surface area contributed by atoms with Crippen molar-refractivity contribution in [2.45, 2.75) is 25.3 Å². The summed E-state index contributed by atoms with van der Waals surface area (Å²) in [6.07, 6.45) is 5.37. The Balaban J connectivity index is 1.34. The lowest BCUT2D eigenvalue weighted by Gasteiger charge is -2.18. The lowest BCUT2D eigenvalue weighted by molar-refractivity contribution is 0.584. The van der Waals surface area contributed by atoms with E-state index in [0.29, 0.717) is 6.54 Å². The van der Waals surface area contributed by atoms with E-state index in [1.54, 1.807) is 10.9 Å². The fourth-order valence-electron chi connectivity index (χ4n) is 3.66. The molecule has 0 aliphatic heterocycles. The van der Waals surface area contributed by atoms with Crippen LogP contribution in [0.15, 0.2) is 85.2 Å². The predicted molar refractivity (Wildman–Crippen MR) is 117 cm³/mol. The van der Waals surface area contributed by atoms with E-state index in [-0.39, 0.29) is 17.6 Å². The largest absolute Gasteiger partial charge is 0.311 e. The van der Waals surface area contributed by atoms with E-state index in [1.165, 1.54) is 24.3 Å². The Morgan fingerprint density at radius 2 is 1.52 bits per heavy atom. The normalized spacial score (nSPS) is 11.2. The van der Waals surface area contributed by atoms with E-state index >= 15 is 0 Å². The van der Waals surface area contributed by atoms with Crippen molar-refractivity contribution < 1.29 is 8.78 Å². The van der Waals surface area contributed by atoms with Gasteiger partial charge in [-0.2, -0.15) is 5.10 Å². The van der Waals surface area contributed by atoms with E-state index < -0.39 is 0 Å². The number of aromatic nitrogens is 3. The summed E-state index contributed by atoms with van der Waals surface area (Å²) >= 11 is 0. The Morgan fingerprint density at radius 3 is 2.13 bits per heavy atom. The molecule has 158 valence electrons. The molecular formula is C25H24F2N4. The second-order valence-electron chi connectivity index (χ2n) is 7.41. The van der Waals surface area contributed by atoms with Gasteiger partial charge in [-0.1, -0.05) is 30.3 Å². The van der Waals surface area contributed by atoms with Crippen molar-refractivity contribution in [3.8, 4) is 5.82 Å². The van der Waals surface area contributed by atoms with Gasteiger partial charge in [0, 0.05) is 24.9 Å². The number of hydrogen-bond acceptors (Lipinski definition) is 3. The Morgan fingerprint density at radius 1 is 0.839 bits per heavy atom. The summed E-state index contributed by atoms with van der Waals surface area (Å²) in [5.41, 5.74) is 3.00. The molecule has 0 atom stereocenters. The van der Waals surface area contributed by atoms with Crippen molar-refractivity contribution in [1.82, 2.24) is 20.1 Å². The number of hydrogen-bond donors (Lipinski definition) is 1. The summed E-state index contributed by atoms with van der Waals surface area (Å²) in [5, 5.41) is 7.65. The fourth-order valence-corrected chi connectivity index (χ4v) is 3.66. The van der Waals surface area contributed by atoms with Crippen molar-refractivity contribution in [2.75, 3.05) is 6.54 Å². The highest BCUT2D eigenvalue weighted by Crippen LogP contribution is 2.29. The molecule has 6 heteroatoms. The molecule has 2 heterocycles. The van der Waals surface area contributed by atoms with Crippen molar-refractivity contribution in [3.05, 3.63) is 114 Å². The van der Waals surface area contributed by atoms with Gasteiger partial charge in [0.2, 0.25) is 0 Å². The van der Waals surface area contributed by atoms with E-state index in [2.05, 4.69) is 15.4 Å². The maximum absolute atomic E-state index is 13.4. The Bertz CT molecular complexity index is 1030. The molecule has 2 aromatic heterocycles. The zero-order valence-corrected chi connectivity index (χ0v) is 17.1. The van der Waals surface area contributed by atoms with Crippen molar-refractivity contribution in [3.63, 3.8) is 0 Å². The van der Waals surface area contributed by atoms with Gasteiger partial charge in [0.05, 0.1) is 5.69 Å². The first-order valence-corrected chi connectivity index (χ1v) is 10.4. The topological polar surface area (TPSA) is 42.7 Å². The summed E-state index contributed by atoms with van der Waals surface area (Å²) in [6.45, 7) is 1.47. The molecule has 0 bridgehead atoms. The summed E-state index contributed by atoms with van der Waals surface area (Å²) < 4.78 is 28.5. The molecule has 4 aromatic rings. The number of nitrogens with zero attached hydrogens (tertiary/aromatic N) is 3. The number of benzene rings is 2. The second-order valence-corrected chi connectivity index (χ2v) is 7.41. The van der Waals surface area contributed by atoms with Crippen LogP contribution in [0.25, 0.3) is 5.82 Å². The molecule has 0 amide bonds. The van der Waals surface area contributed by atoms with Crippen LogP contribution >= 0.6 is 0 Å². The SMILES string of the molecule is Fc1ccc(C(CCCNCc2cccc(-n3cccn3)n2)c2ccc(F)cc2)cc1. The first-order chi connectivity index (χ1) is 15.2. The maximum Gasteiger partial charge on any atom is 0.153 e. The van der Waals surface area contributed by atoms with E-state index in [9.17, 15) is 8.78 Å². The van der Waals surface area contributed by atoms with Crippen LogP contribution in [0.2, 0.25) is 0 Å². The molecule has 4 nitrogen and oxygen atoms in total. The molecule has 0 radical (unpaired) electrons. The lowest BCUT2D eigenvalue weighted by atomic mass is 9.87. The molecule has 1 N–H and O–H groups in total. The van der Waals surface area contributed by atoms with Gasteiger partial charge in [-0.05, 0) is 73.0 Å². The number of pyridine rings is 1. The Kier molecular flexibility index (Phi) is 6.79. The monoisotopic (exact) mass is 418 g/mol. The molecule has 0 aliphatic rings. The van der Waals surface area contributed by atoms with Gasteiger partial charge in [0.15, 0.2) is 5.82 Å². The number of halogens is 2. The van der Waals surface area contributed by atoms with Gasteiger partial charge in [0.1, 0.15) is 11.6 Å². The summed E-state index contributed by atoms with van der Waals surface area (Å²) in [5.74, 6) is 0.363. The minimum Gasteiger partial charge on any atom is -0.311 e. The van der Waals surface area contributed by atoms with Crippen molar-refractivity contribution in [2.24, 2.45) is 0 Å². The van der Waals surface area contributed by atoms with E-state index in [1.807, 2.05) is 54.7 Å². The third-order valence-corrected chi connectivity index (χ3v) is 5.23. The quantitative estimate of drug-likeness (QED) is 0.378. The van der Waals surface area contributed by atoms with Gasteiger partial charge in [-0.25, -0.2) is 18.4 Å². The van der Waals surface area contributed by atoms with Crippen LogP contribution in [0.4, 0.5) is 8.78 Å². The van der Waals surface area contributed by atoms with Crippen molar-refractivity contribution >= 4 is 0 Å². The average Bonchev–Trinajstić information content (AvgIpc) is 3.33. The van der Waals surface area contributed by atoms with Crippen LogP contribution in [0, 0.1) is 11.6 Å². The minimum absolute atomic E-state index is 0.0873. The highest BCUT2D eigenvalue weighted by Gasteiger charge is 2.14. The van der Waals surface area contributed by atoms with Crippen LogP contribution in [0.1, 0.15) is 35.6 Å². The smallest absolute Gasteiger partial charge is 0.153 e. The second kappa shape index (κ2) is 10.1. The molecular weight excluding hydrogens is 394 g/mol. The van der Waals surface area contributed by atoms with Crippen LogP contribution in [-0.2, 0) is 6.54 Å². The van der Waals surface area contributed by atoms with Gasteiger partial charge in [0.25, 0.3) is 0 Å². The van der Waals surface area contributed by atoms with E-state index in [0.717, 1.165) is 42.0 Å². The van der Waals surface area contributed by atoms with Gasteiger partial charge >= 0.3 is 0 Å². The van der Waals surface area contributed by atoms with Gasteiger partial charge in [-0.3, -0.25) is 0 Å². The lowest BCUT2D eigenvalue weighted by Crippen LogP contribution is -2.17. The maximum atomic E-state index is 13.4. The molecule has 2 aromatic carbocycles. The summed E-state index contributed by atoms with van der Waals surface area (Å²) in [7, 11) is 0. The van der Waals surface area contributed by atoms with Gasteiger partial charge in [-0.15, -0.1) is 0 Å². The Labute approximate surface area is 180 Å². The third-order valence-electron chi connectivity index (χ3n) is 5.23. The van der Waals surface area contributed by atoms with E-state index in [4.69, 9.17) is 0 Å². The number of nitrogens with one attached hydrogen (secondary N) is 1. The zero-order valence-electron chi connectivity index (χ0n) is 17.1. The molecule has 0 saturated heterocycles. The average molecular weight is 418 g/mol. The van der Waals surface area contributed by atoms with Crippen LogP contribution in [-0.4, -0.2) is 21.3 Å². The third kappa shape index (κ3) is 5.61. The van der Waals surface area contributed by atoms with Crippen molar-refractivity contribution in [1.29, 1.82) is 0 Å². The molecule has 0 spiro atoms. The zero-order chi connectivity index (χ0) is 21.5. The molecule has 0 aliphatic carbocycles. The minimum atomic E-state index is -0.256.